The number of hydrogen-bond donors (Lipinski definition) is 0. The molecule has 5 heteroatoms. The fraction of sp³-hybridized carbons (Fsp3) is 0.833. The van der Waals surface area contributed by atoms with Crippen LogP contribution in [0, 0.1) is 5.92 Å². The Kier molecular flexibility index (Phi) is 5.46. The van der Waals surface area contributed by atoms with Crippen molar-refractivity contribution in [2.75, 3.05) is 31.1 Å². The maximum atomic E-state index is 4.77. The third-order valence-corrected chi connectivity index (χ3v) is 5.60. The molecule has 0 atom stereocenters. The van der Waals surface area contributed by atoms with Gasteiger partial charge in [0, 0.05) is 32.2 Å². The van der Waals surface area contributed by atoms with Crippen molar-refractivity contribution in [1.29, 1.82) is 0 Å². The van der Waals surface area contributed by atoms with E-state index in [9.17, 15) is 0 Å². The fourth-order valence-electron chi connectivity index (χ4n) is 3.96. The molecule has 0 N–H and O–H groups in total. The Morgan fingerprint density at radius 2 is 1.52 bits per heavy atom. The van der Waals surface area contributed by atoms with Gasteiger partial charge in [-0.25, -0.2) is 4.98 Å². The largest absolute Gasteiger partial charge is 0.337 e. The molecule has 1 aromatic heterocycles. The van der Waals surface area contributed by atoms with Gasteiger partial charge in [-0.3, -0.25) is 4.90 Å². The number of aromatic nitrogens is 3. The van der Waals surface area contributed by atoms with Gasteiger partial charge in [-0.15, -0.1) is 5.10 Å². The Morgan fingerprint density at radius 3 is 2.13 bits per heavy atom. The predicted molar refractivity (Wildman–Crippen MR) is 93.8 cm³/mol. The van der Waals surface area contributed by atoms with Crippen LogP contribution in [0.1, 0.15) is 57.8 Å². The molecular weight excluding hydrogens is 286 g/mol. The average molecular weight is 317 g/mol. The van der Waals surface area contributed by atoms with Crippen LogP contribution in [-0.4, -0.2) is 52.3 Å². The minimum atomic E-state index is 0.807. The first-order chi connectivity index (χ1) is 11.2. The lowest BCUT2D eigenvalue weighted by Crippen LogP contribution is -2.51. The van der Waals surface area contributed by atoms with Crippen molar-refractivity contribution in [1.82, 2.24) is 20.1 Å². The molecule has 0 bridgehead atoms. The lowest BCUT2D eigenvalue weighted by Gasteiger charge is -2.41. The molecule has 0 spiro atoms. The van der Waals surface area contributed by atoms with E-state index < -0.39 is 0 Å². The van der Waals surface area contributed by atoms with Crippen LogP contribution in [0.4, 0.5) is 5.95 Å². The monoisotopic (exact) mass is 317 g/mol. The van der Waals surface area contributed by atoms with E-state index in [-0.39, 0.29) is 0 Å². The van der Waals surface area contributed by atoms with Crippen molar-refractivity contribution < 1.29 is 0 Å². The van der Waals surface area contributed by atoms with Gasteiger partial charge in [0.25, 0.3) is 0 Å². The van der Waals surface area contributed by atoms with E-state index in [0.717, 1.165) is 68.3 Å². The highest BCUT2D eigenvalue weighted by Gasteiger charge is 2.28. The maximum absolute atomic E-state index is 4.77. The van der Waals surface area contributed by atoms with Crippen molar-refractivity contribution in [3.63, 3.8) is 0 Å². The van der Waals surface area contributed by atoms with E-state index in [1.165, 1.54) is 25.7 Å². The first kappa shape index (κ1) is 16.6. The lowest BCUT2D eigenvalue weighted by molar-refractivity contribution is 0.132. The summed E-state index contributed by atoms with van der Waals surface area (Å²) in [6.07, 6.45) is 7.41. The third-order valence-electron chi connectivity index (χ3n) is 5.60. The van der Waals surface area contributed by atoms with Crippen LogP contribution in [0.2, 0.25) is 0 Å². The molecule has 2 fully saturated rings. The van der Waals surface area contributed by atoms with Gasteiger partial charge in [0.05, 0.1) is 11.4 Å². The van der Waals surface area contributed by atoms with Gasteiger partial charge < -0.3 is 4.90 Å². The van der Waals surface area contributed by atoms with Crippen LogP contribution in [0.5, 0.6) is 0 Å². The lowest BCUT2D eigenvalue weighted by atomic mass is 9.86. The summed E-state index contributed by atoms with van der Waals surface area (Å²) in [6, 6.07) is 0.807. The average Bonchev–Trinajstić information content (AvgIpc) is 2.62. The highest BCUT2D eigenvalue weighted by Crippen LogP contribution is 2.28. The SMILES string of the molecule is CCc1nnc(N2CCN(C3CCC(C)CC3)CC2)nc1CC. The van der Waals surface area contributed by atoms with Gasteiger partial charge >= 0.3 is 0 Å². The van der Waals surface area contributed by atoms with Gasteiger partial charge in [-0.05, 0) is 44.4 Å². The molecule has 1 saturated carbocycles. The van der Waals surface area contributed by atoms with Crippen LogP contribution in [0.25, 0.3) is 0 Å². The van der Waals surface area contributed by atoms with Gasteiger partial charge in [0.15, 0.2) is 0 Å². The summed E-state index contributed by atoms with van der Waals surface area (Å²) >= 11 is 0. The van der Waals surface area contributed by atoms with E-state index in [1.807, 2.05) is 0 Å². The zero-order valence-corrected chi connectivity index (χ0v) is 15.0. The van der Waals surface area contributed by atoms with Gasteiger partial charge in [0.2, 0.25) is 5.95 Å². The minimum absolute atomic E-state index is 0.807. The van der Waals surface area contributed by atoms with Crippen molar-refractivity contribution in [2.45, 2.75) is 65.3 Å². The zero-order chi connectivity index (χ0) is 16.2. The topological polar surface area (TPSA) is 45.2 Å². The van der Waals surface area contributed by atoms with Crippen molar-refractivity contribution in [3.05, 3.63) is 11.4 Å². The Morgan fingerprint density at radius 1 is 0.870 bits per heavy atom. The van der Waals surface area contributed by atoms with Crippen LogP contribution in [0.3, 0.4) is 0 Å². The van der Waals surface area contributed by atoms with E-state index in [1.54, 1.807) is 0 Å². The summed E-state index contributed by atoms with van der Waals surface area (Å²) in [7, 11) is 0. The van der Waals surface area contributed by atoms with Crippen molar-refractivity contribution in [3.8, 4) is 0 Å². The molecule has 0 radical (unpaired) electrons. The molecule has 128 valence electrons. The van der Waals surface area contributed by atoms with E-state index >= 15 is 0 Å². The minimum Gasteiger partial charge on any atom is -0.337 e. The molecular formula is C18H31N5. The summed E-state index contributed by atoms with van der Waals surface area (Å²) in [4.78, 5) is 9.77. The molecule has 1 aliphatic heterocycles. The fourth-order valence-corrected chi connectivity index (χ4v) is 3.96. The Bertz CT molecular complexity index is 502. The molecule has 0 amide bonds. The molecule has 2 heterocycles. The maximum Gasteiger partial charge on any atom is 0.245 e. The quantitative estimate of drug-likeness (QED) is 0.854. The normalized spacial score (nSPS) is 26.5. The number of piperazine rings is 1. The Hall–Kier alpha value is -1.23. The van der Waals surface area contributed by atoms with Crippen LogP contribution >= 0.6 is 0 Å². The summed E-state index contributed by atoms with van der Waals surface area (Å²) in [5, 5.41) is 8.77. The highest BCUT2D eigenvalue weighted by atomic mass is 15.4. The van der Waals surface area contributed by atoms with Crippen molar-refractivity contribution >= 4 is 5.95 Å². The number of anilines is 1. The molecule has 2 aliphatic rings. The van der Waals surface area contributed by atoms with Crippen LogP contribution in [0.15, 0.2) is 0 Å². The molecule has 1 aromatic rings. The van der Waals surface area contributed by atoms with E-state index in [4.69, 9.17) is 4.98 Å². The standard InChI is InChI=1S/C18H31N5/c1-4-16-17(5-2)20-21-18(19-16)23-12-10-22(11-13-23)15-8-6-14(3)7-9-15/h14-15H,4-13H2,1-3H3. The summed E-state index contributed by atoms with van der Waals surface area (Å²) in [6.45, 7) is 11.0. The van der Waals surface area contributed by atoms with E-state index in [0.29, 0.717) is 0 Å². The highest BCUT2D eigenvalue weighted by molar-refractivity contribution is 5.31. The molecule has 1 aliphatic carbocycles. The molecule has 23 heavy (non-hydrogen) atoms. The summed E-state index contributed by atoms with van der Waals surface area (Å²) in [5.41, 5.74) is 2.16. The van der Waals surface area contributed by atoms with Gasteiger partial charge in [0.1, 0.15) is 0 Å². The summed E-state index contributed by atoms with van der Waals surface area (Å²) in [5.74, 6) is 1.76. The van der Waals surface area contributed by atoms with E-state index in [2.05, 4.69) is 40.8 Å². The van der Waals surface area contributed by atoms with Crippen LogP contribution < -0.4 is 4.90 Å². The Labute approximate surface area is 140 Å². The summed E-state index contributed by atoms with van der Waals surface area (Å²) < 4.78 is 0. The first-order valence-electron chi connectivity index (χ1n) is 9.42. The molecule has 5 nitrogen and oxygen atoms in total. The molecule has 0 aromatic carbocycles. The number of hydrogen-bond acceptors (Lipinski definition) is 5. The van der Waals surface area contributed by atoms with Gasteiger partial charge in [-0.2, -0.15) is 5.10 Å². The second-order valence-corrected chi connectivity index (χ2v) is 7.15. The predicted octanol–water partition coefficient (Wildman–Crippen LogP) is 2.70. The second kappa shape index (κ2) is 7.56. The smallest absolute Gasteiger partial charge is 0.245 e. The molecule has 1 saturated heterocycles. The van der Waals surface area contributed by atoms with Gasteiger partial charge in [-0.1, -0.05) is 20.8 Å². The van der Waals surface area contributed by atoms with Crippen LogP contribution in [-0.2, 0) is 12.8 Å². The number of aryl methyl sites for hydroxylation is 2. The number of nitrogens with zero attached hydrogens (tertiary/aromatic N) is 5. The second-order valence-electron chi connectivity index (χ2n) is 7.15. The zero-order valence-electron chi connectivity index (χ0n) is 15.0. The number of rotatable bonds is 4. The van der Waals surface area contributed by atoms with Crippen molar-refractivity contribution in [2.24, 2.45) is 5.92 Å². The first-order valence-corrected chi connectivity index (χ1v) is 9.42. The Balaban J connectivity index is 1.58. The molecule has 0 unspecified atom stereocenters. The third kappa shape index (κ3) is 3.82. The molecule has 3 rings (SSSR count).